The summed E-state index contributed by atoms with van der Waals surface area (Å²) in [7, 11) is 0. The van der Waals surface area contributed by atoms with E-state index >= 15 is 0 Å². The van der Waals surface area contributed by atoms with Gasteiger partial charge in [-0.1, -0.05) is 13.8 Å². The number of aliphatic hydroxyl groups is 1. The van der Waals surface area contributed by atoms with E-state index in [0.717, 1.165) is 17.4 Å². The van der Waals surface area contributed by atoms with Crippen molar-refractivity contribution in [3.63, 3.8) is 0 Å². The molecule has 5 N–H and O–H groups in total. The number of carbonyl (C=O) groups excluding carboxylic acids is 3. The van der Waals surface area contributed by atoms with Gasteiger partial charge < -0.3 is 25.7 Å². The first-order valence-electron chi connectivity index (χ1n) is 8.89. The maximum absolute atomic E-state index is 14.1. The third-order valence-corrected chi connectivity index (χ3v) is 5.28. The van der Waals surface area contributed by atoms with Crippen LogP contribution in [0.25, 0.3) is 0 Å². The molecule has 1 heterocycles. The molecule has 1 amide bonds. The smallest absolute Gasteiger partial charge is 0.353 e. The van der Waals surface area contributed by atoms with Crippen molar-refractivity contribution in [3.05, 3.63) is 51.5 Å². The Kier molecular flexibility index (Phi) is 7.41. The van der Waals surface area contributed by atoms with Crippen molar-refractivity contribution >= 4 is 35.3 Å². The molecule has 2 aromatic rings. The minimum atomic E-state index is -0.977. The third kappa shape index (κ3) is 5.71. The molecule has 2 rings (SSSR count). The number of aliphatic hydroxyl groups excluding tert-OH is 1. The maximum Gasteiger partial charge on any atom is 0.353 e. The molecule has 0 aliphatic carbocycles. The maximum atomic E-state index is 14.1. The molecule has 1 atom stereocenters. The number of esters is 1. The van der Waals surface area contributed by atoms with E-state index in [2.05, 4.69) is 5.32 Å². The minimum Gasteiger partial charge on any atom is -0.419 e. The number of nitrogens with one attached hydrogen (secondary N) is 2. The summed E-state index contributed by atoms with van der Waals surface area (Å²) in [6, 6.07) is 5.79. The van der Waals surface area contributed by atoms with Gasteiger partial charge in [0.2, 0.25) is 5.91 Å². The number of thiophene rings is 1. The molecule has 0 aliphatic rings. The summed E-state index contributed by atoms with van der Waals surface area (Å²) in [5, 5.41) is 18.8. The Bertz CT molecular complexity index is 973. The average Bonchev–Trinajstić information content (AvgIpc) is 3.15. The summed E-state index contributed by atoms with van der Waals surface area (Å²) in [6.07, 6.45) is 0.727. The minimum absolute atomic E-state index is 0.171. The molecule has 1 aromatic carbocycles. The van der Waals surface area contributed by atoms with Gasteiger partial charge in [-0.3, -0.25) is 10.2 Å². The molecule has 0 radical (unpaired) electrons. The summed E-state index contributed by atoms with van der Waals surface area (Å²) < 4.78 is 19.1. The van der Waals surface area contributed by atoms with Crippen LogP contribution < -0.4 is 15.8 Å². The predicted molar refractivity (Wildman–Crippen MR) is 109 cm³/mol. The highest BCUT2D eigenvalue weighted by atomic mass is 32.1. The van der Waals surface area contributed by atoms with E-state index in [1.54, 1.807) is 19.9 Å². The first-order valence-corrected chi connectivity index (χ1v) is 9.71. The molecule has 0 unspecified atom stereocenters. The lowest BCUT2D eigenvalue weighted by atomic mass is 9.87. The molecule has 0 saturated heterocycles. The fraction of sp³-hybridized carbons (Fsp3) is 0.300. The number of aldehydes is 1. The van der Waals surface area contributed by atoms with E-state index < -0.39 is 35.8 Å². The Morgan fingerprint density at radius 3 is 2.63 bits per heavy atom. The fourth-order valence-corrected chi connectivity index (χ4v) is 3.60. The van der Waals surface area contributed by atoms with Gasteiger partial charge in [0.1, 0.15) is 23.0 Å². The monoisotopic (exact) mass is 435 g/mol. The number of carbonyl (C=O) groups is 3. The normalized spacial score (nSPS) is 12.1. The molecular formula is C20H22FN3O5S. The highest BCUT2D eigenvalue weighted by Crippen LogP contribution is 2.28. The van der Waals surface area contributed by atoms with Crippen LogP contribution in [-0.2, 0) is 16.0 Å². The van der Waals surface area contributed by atoms with E-state index in [9.17, 15) is 18.8 Å². The Balaban J connectivity index is 2.06. The predicted octanol–water partition coefficient (Wildman–Crippen LogP) is 1.64. The quantitative estimate of drug-likeness (QED) is 0.155. The summed E-state index contributed by atoms with van der Waals surface area (Å²) in [4.78, 5) is 36.4. The Morgan fingerprint density at radius 2 is 2.07 bits per heavy atom. The van der Waals surface area contributed by atoms with Crippen LogP contribution in [0.1, 0.15) is 34.0 Å². The lowest BCUT2D eigenvalue weighted by molar-refractivity contribution is -0.131. The van der Waals surface area contributed by atoms with Crippen LogP contribution >= 0.6 is 11.3 Å². The first kappa shape index (κ1) is 23.2. The number of nitrogen functional groups attached to an aromatic ring is 1. The van der Waals surface area contributed by atoms with E-state index in [4.69, 9.17) is 21.0 Å². The van der Waals surface area contributed by atoms with Crippen LogP contribution in [0.15, 0.2) is 30.3 Å². The van der Waals surface area contributed by atoms with E-state index in [-0.39, 0.29) is 28.4 Å². The van der Waals surface area contributed by atoms with Gasteiger partial charge in [-0.2, -0.15) is 0 Å². The molecule has 0 bridgehead atoms. The van der Waals surface area contributed by atoms with Crippen molar-refractivity contribution in [2.75, 3.05) is 6.61 Å². The number of nitrogens with two attached hydrogens (primary N) is 1. The summed E-state index contributed by atoms with van der Waals surface area (Å²) >= 11 is 1.10. The zero-order valence-electron chi connectivity index (χ0n) is 16.4. The van der Waals surface area contributed by atoms with Gasteiger partial charge in [0.15, 0.2) is 11.6 Å². The second-order valence-corrected chi connectivity index (χ2v) is 8.34. The van der Waals surface area contributed by atoms with Crippen molar-refractivity contribution in [1.82, 2.24) is 5.32 Å². The summed E-state index contributed by atoms with van der Waals surface area (Å²) in [5.41, 5.74) is 4.56. The van der Waals surface area contributed by atoms with Gasteiger partial charge in [-0.15, -0.1) is 11.3 Å². The standard InChI is InChI=1S/C20H22FN3O5S/c1-20(2,19(28)24-12(9-25)10-26)8-13-4-6-16(30-13)18(27)29-15-5-3-11(17(22)23)7-14(15)21/h3-7,9,12,26H,8,10H2,1-2H3,(H3,22,23)(H,24,28)/t12-/m1/s1. The number of amidine groups is 1. The molecular weight excluding hydrogens is 413 g/mol. The third-order valence-electron chi connectivity index (χ3n) is 4.22. The SMILES string of the molecule is CC(C)(Cc1ccc(C(=O)Oc2ccc(C(=N)N)cc2F)s1)C(=O)N[C@H](C=O)CO. The van der Waals surface area contributed by atoms with E-state index in [1.807, 2.05) is 0 Å². The van der Waals surface area contributed by atoms with Crippen LogP contribution in [0, 0.1) is 16.6 Å². The van der Waals surface area contributed by atoms with Gasteiger partial charge in [0, 0.05) is 15.9 Å². The highest BCUT2D eigenvalue weighted by Gasteiger charge is 2.30. The topological polar surface area (TPSA) is 143 Å². The Hall–Kier alpha value is -3.11. The van der Waals surface area contributed by atoms with Crippen LogP contribution in [0.3, 0.4) is 0 Å². The van der Waals surface area contributed by atoms with E-state index in [0.29, 0.717) is 11.2 Å². The van der Waals surface area contributed by atoms with Crippen molar-refractivity contribution in [2.45, 2.75) is 26.3 Å². The molecule has 10 heteroatoms. The van der Waals surface area contributed by atoms with Gasteiger partial charge >= 0.3 is 5.97 Å². The zero-order chi connectivity index (χ0) is 22.5. The highest BCUT2D eigenvalue weighted by molar-refractivity contribution is 7.13. The Labute approximate surface area is 176 Å². The summed E-state index contributed by atoms with van der Waals surface area (Å²) in [6.45, 7) is 2.85. The molecule has 8 nitrogen and oxygen atoms in total. The van der Waals surface area contributed by atoms with E-state index in [1.165, 1.54) is 18.2 Å². The number of benzene rings is 1. The van der Waals surface area contributed by atoms with Crippen molar-refractivity contribution in [2.24, 2.45) is 11.1 Å². The molecule has 0 spiro atoms. The Morgan fingerprint density at radius 1 is 1.37 bits per heavy atom. The number of ether oxygens (including phenoxy) is 1. The molecule has 0 fully saturated rings. The molecule has 0 aliphatic heterocycles. The largest absolute Gasteiger partial charge is 0.419 e. The van der Waals surface area contributed by atoms with Gasteiger partial charge in [0.05, 0.1) is 6.61 Å². The number of amides is 1. The molecule has 0 saturated carbocycles. The second-order valence-electron chi connectivity index (χ2n) is 7.17. The van der Waals surface area contributed by atoms with Gasteiger partial charge in [-0.25, -0.2) is 9.18 Å². The zero-order valence-corrected chi connectivity index (χ0v) is 17.2. The van der Waals surface area contributed by atoms with Crippen LogP contribution in [-0.4, -0.2) is 41.8 Å². The van der Waals surface area contributed by atoms with Crippen LogP contribution in [0.2, 0.25) is 0 Å². The van der Waals surface area contributed by atoms with Gasteiger partial charge in [-0.05, 0) is 36.8 Å². The first-order chi connectivity index (χ1) is 14.1. The fourth-order valence-electron chi connectivity index (χ4n) is 2.49. The lowest BCUT2D eigenvalue weighted by Gasteiger charge is -2.24. The summed E-state index contributed by atoms with van der Waals surface area (Å²) in [5.74, 6) is -2.59. The number of halogens is 1. The van der Waals surface area contributed by atoms with Gasteiger partial charge in [0.25, 0.3) is 0 Å². The second kappa shape index (κ2) is 9.59. The molecule has 160 valence electrons. The van der Waals surface area contributed by atoms with Crippen molar-refractivity contribution in [3.8, 4) is 5.75 Å². The number of rotatable bonds is 9. The van der Waals surface area contributed by atoms with Crippen LogP contribution in [0.4, 0.5) is 4.39 Å². The van der Waals surface area contributed by atoms with Crippen molar-refractivity contribution < 1.29 is 28.6 Å². The average molecular weight is 435 g/mol. The number of hydrogen-bond donors (Lipinski definition) is 4. The number of hydrogen-bond acceptors (Lipinski definition) is 7. The van der Waals surface area contributed by atoms with Crippen LogP contribution in [0.5, 0.6) is 5.75 Å². The molecule has 1 aromatic heterocycles. The molecule has 30 heavy (non-hydrogen) atoms. The van der Waals surface area contributed by atoms with Crippen molar-refractivity contribution in [1.29, 1.82) is 5.41 Å². The lowest BCUT2D eigenvalue weighted by Crippen LogP contribution is -2.46.